The van der Waals surface area contributed by atoms with Gasteiger partial charge in [0.05, 0.1) is 16.8 Å². The summed E-state index contributed by atoms with van der Waals surface area (Å²) in [6.45, 7) is 2.53. The number of alkyl halides is 6. The highest BCUT2D eigenvalue weighted by atomic mass is 19.4. The van der Waals surface area contributed by atoms with Crippen LogP contribution in [0.2, 0.25) is 0 Å². The summed E-state index contributed by atoms with van der Waals surface area (Å²) in [5.41, 5.74) is -2.65. The zero-order chi connectivity index (χ0) is 22.1. The number of nitrogens with one attached hydrogen (secondary N) is 1. The lowest BCUT2D eigenvalue weighted by molar-refractivity contribution is -0.138. The molecule has 1 amide bonds. The van der Waals surface area contributed by atoms with Gasteiger partial charge in [0.25, 0.3) is 5.91 Å². The Hall–Kier alpha value is -2.75. The molecule has 3 rings (SSSR count). The molecule has 0 spiro atoms. The van der Waals surface area contributed by atoms with E-state index >= 15 is 0 Å². The molecule has 1 N–H and O–H groups in total. The van der Waals surface area contributed by atoms with Crippen molar-refractivity contribution in [1.29, 1.82) is 0 Å². The zero-order valence-electron chi connectivity index (χ0n) is 15.9. The molecule has 10 heteroatoms. The Morgan fingerprint density at radius 2 is 1.57 bits per heavy atom. The third-order valence-corrected chi connectivity index (χ3v) is 4.88. The van der Waals surface area contributed by atoms with Gasteiger partial charge in [-0.15, -0.1) is 0 Å². The third kappa shape index (κ3) is 5.05. The van der Waals surface area contributed by atoms with Crippen LogP contribution in [-0.4, -0.2) is 44.0 Å². The molecule has 1 fully saturated rings. The standard InChI is InChI=1S/C20H19F6N3O/c1-28-7-9-29(10-8-28)15-5-6-17(16(12-15)20(24,25)26)27-18(30)13-3-2-4-14(11-13)19(21,22)23/h2-6,11-12H,7-10H2,1H3,(H,27,30). The lowest BCUT2D eigenvalue weighted by atomic mass is 10.1. The molecule has 2 aromatic carbocycles. The second-order valence-corrected chi connectivity index (χ2v) is 7.05. The number of amides is 1. The summed E-state index contributed by atoms with van der Waals surface area (Å²) in [6.07, 6.45) is -9.42. The van der Waals surface area contributed by atoms with Crippen LogP contribution in [0.5, 0.6) is 0 Å². The Morgan fingerprint density at radius 1 is 0.900 bits per heavy atom. The van der Waals surface area contributed by atoms with Crippen LogP contribution in [0.1, 0.15) is 21.5 Å². The van der Waals surface area contributed by atoms with Crippen molar-refractivity contribution in [1.82, 2.24) is 4.90 Å². The Balaban J connectivity index is 1.87. The van der Waals surface area contributed by atoms with Gasteiger partial charge in [0, 0.05) is 37.4 Å². The number of anilines is 2. The third-order valence-electron chi connectivity index (χ3n) is 4.88. The predicted octanol–water partition coefficient (Wildman–Crippen LogP) is 4.73. The van der Waals surface area contributed by atoms with Gasteiger partial charge in [0.1, 0.15) is 0 Å². The van der Waals surface area contributed by atoms with Gasteiger partial charge in [-0.3, -0.25) is 4.79 Å². The van der Waals surface area contributed by atoms with E-state index in [2.05, 4.69) is 10.2 Å². The highest BCUT2D eigenvalue weighted by molar-refractivity contribution is 6.05. The highest BCUT2D eigenvalue weighted by Crippen LogP contribution is 2.38. The average Bonchev–Trinajstić information content (AvgIpc) is 2.67. The van der Waals surface area contributed by atoms with Crippen LogP contribution in [-0.2, 0) is 12.4 Å². The summed E-state index contributed by atoms with van der Waals surface area (Å²) in [4.78, 5) is 16.2. The largest absolute Gasteiger partial charge is 0.418 e. The van der Waals surface area contributed by atoms with Crippen molar-refractivity contribution in [2.75, 3.05) is 43.4 Å². The lowest BCUT2D eigenvalue weighted by Crippen LogP contribution is -2.44. The van der Waals surface area contributed by atoms with Gasteiger partial charge in [0.15, 0.2) is 0 Å². The van der Waals surface area contributed by atoms with E-state index in [0.29, 0.717) is 37.9 Å². The number of nitrogens with zero attached hydrogens (tertiary/aromatic N) is 2. The molecule has 0 saturated carbocycles. The maximum Gasteiger partial charge on any atom is 0.418 e. The van der Waals surface area contributed by atoms with E-state index in [0.717, 1.165) is 30.3 Å². The van der Waals surface area contributed by atoms with Crippen molar-refractivity contribution in [3.63, 3.8) is 0 Å². The maximum atomic E-state index is 13.6. The molecule has 1 heterocycles. The van der Waals surface area contributed by atoms with Gasteiger partial charge in [0.2, 0.25) is 0 Å². The van der Waals surface area contributed by atoms with Crippen LogP contribution < -0.4 is 10.2 Å². The number of hydrogen-bond donors (Lipinski definition) is 1. The fourth-order valence-electron chi connectivity index (χ4n) is 3.17. The number of carbonyl (C=O) groups is 1. The van der Waals surface area contributed by atoms with Crippen molar-refractivity contribution in [2.45, 2.75) is 12.4 Å². The summed E-state index contributed by atoms with van der Waals surface area (Å²) in [5, 5.41) is 2.10. The molecule has 0 aliphatic carbocycles. The maximum absolute atomic E-state index is 13.6. The van der Waals surface area contributed by atoms with Gasteiger partial charge in [-0.25, -0.2) is 0 Å². The summed E-state index contributed by atoms with van der Waals surface area (Å²) in [6, 6.07) is 7.05. The average molecular weight is 431 g/mol. The second kappa shape index (κ2) is 8.17. The van der Waals surface area contributed by atoms with Gasteiger partial charge >= 0.3 is 12.4 Å². The second-order valence-electron chi connectivity index (χ2n) is 7.05. The molecule has 0 atom stereocenters. The van der Waals surface area contributed by atoms with Crippen molar-refractivity contribution in [3.8, 4) is 0 Å². The van der Waals surface area contributed by atoms with Gasteiger partial charge in [-0.2, -0.15) is 26.3 Å². The van der Waals surface area contributed by atoms with Crippen LogP contribution in [0.25, 0.3) is 0 Å². The Bertz CT molecular complexity index is 917. The van der Waals surface area contributed by atoms with Crippen molar-refractivity contribution in [3.05, 3.63) is 59.2 Å². The fourth-order valence-corrected chi connectivity index (χ4v) is 3.17. The number of hydrogen-bond acceptors (Lipinski definition) is 3. The summed E-state index contributed by atoms with van der Waals surface area (Å²) in [5.74, 6) is -1.06. The fraction of sp³-hybridized carbons (Fsp3) is 0.350. The molecular weight excluding hydrogens is 412 g/mol. The zero-order valence-corrected chi connectivity index (χ0v) is 15.9. The minimum atomic E-state index is -4.75. The van der Waals surface area contributed by atoms with E-state index in [1.165, 1.54) is 6.07 Å². The molecule has 0 bridgehead atoms. The number of benzene rings is 2. The molecule has 1 aliphatic heterocycles. The molecule has 4 nitrogen and oxygen atoms in total. The van der Waals surface area contributed by atoms with E-state index in [1.807, 2.05) is 11.9 Å². The first-order valence-corrected chi connectivity index (χ1v) is 9.08. The van der Waals surface area contributed by atoms with Crippen molar-refractivity contribution in [2.24, 2.45) is 0 Å². The summed E-state index contributed by atoms with van der Waals surface area (Å²) < 4.78 is 79.3. The van der Waals surface area contributed by atoms with Crippen LogP contribution in [0.4, 0.5) is 37.7 Å². The number of rotatable bonds is 3. The van der Waals surface area contributed by atoms with Gasteiger partial charge in [-0.1, -0.05) is 6.07 Å². The minimum Gasteiger partial charge on any atom is -0.369 e. The highest BCUT2D eigenvalue weighted by Gasteiger charge is 2.35. The molecule has 1 saturated heterocycles. The molecule has 0 unspecified atom stereocenters. The van der Waals surface area contributed by atoms with Crippen molar-refractivity contribution < 1.29 is 31.1 Å². The Morgan fingerprint density at radius 3 is 2.17 bits per heavy atom. The van der Waals surface area contributed by atoms with Crippen LogP contribution in [0.15, 0.2) is 42.5 Å². The number of piperazine rings is 1. The van der Waals surface area contributed by atoms with Gasteiger partial charge < -0.3 is 15.1 Å². The number of carbonyl (C=O) groups excluding carboxylic acids is 1. The first-order chi connectivity index (χ1) is 13.9. The lowest BCUT2D eigenvalue weighted by Gasteiger charge is -2.34. The van der Waals surface area contributed by atoms with E-state index in [-0.39, 0.29) is 5.56 Å². The molecule has 2 aromatic rings. The van der Waals surface area contributed by atoms with Crippen molar-refractivity contribution >= 4 is 17.3 Å². The Kier molecular flexibility index (Phi) is 5.98. The SMILES string of the molecule is CN1CCN(c2ccc(NC(=O)c3cccc(C(F)(F)F)c3)c(C(F)(F)F)c2)CC1. The van der Waals surface area contributed by atoms with Crippen LogP contribution in [0.3, 0.4) is 0 Å². The molecular formula is C20H19F6N3O. The monoisotopic (exact) mass is 431 g/mol. The minimum absolute atomic E-state index is 0.368. The van der Waals surface area contributed by atoms with Crippen LogP contribution >= 0.6 is 0 Å². The van der Waals surface area contributed by atoms with E-state index in [4.69, 9.17) is 0 Å². The van der Waals surface area contributed by atoms with E-state index < -0.39 is 35.1 Å². The quantitative estimate of drug-likeness (QED) is 0.714. The number of halogens is 6. The first kappa shape index (κ1) is 21.9. The molecule has 30 heavy (non-hydrogen) atoms. The van der Waals surface area contributed by atoms with Gasteiger partial charge in [-0.05, 0) is 43.4 Å². The topological polar surface area (TPSA) is 35.6 Å². The number of likely N-dealkylation sites (N-methyl/N-ethyl adjacent to an activating group) is 1. The first-order valence-electron chi connectivity index (χ1n) is 9.08. The molecule has 0 aromatic heterocycles. The Labute approximate surface area is 169 Å². The predicted molar refractivity (Wildman–Crippen MR) is 101 cm³/mol. The normalized spacial score (nSPS) is 15.9. The van der Waals surface area contributed by atoms with E-state index in [1.54, 1.807) is 0 Å². The van der Waals surface area contributed by atoms with Crippen LogP contribution in [0, 0.1) is 0 Å². The summed E-state index contributed by atoms with van der Waals surface area (Å²) >= 11 is 0. The molecule has 0 radical (unpaired) electrons. The van der Waals surface area contributed by atoms with E-state index in [9.17, 15) is 31.1 Å². The molecule has 1 aliphatic rings. The smallest absolute Gasteiger partial charge is 0.369 e. The summed E-state index contributed by atoms with van der Waals surface area (Å²) in [7, 11) is 1.92. The molecule has 162 valence electrons.